The van der Waals surface area contributed by atoms with Crippen LogP contribution in [0, 0.1) is 13.8 Å². The molecule has 0 radical (unpaired) electrons. The zero-order valence-electron chi connectivity index (χ0n) is 20.9. The number of fused-ring (bicyclic) bond motifs is 1. The quantitative estimate of drug-likeness (QED) is 0.271. The molecular weight excluding hydrogens is 438 g/mol. The number of amides is 1. The second-order valence-electron chi connectivity index (χ2n) is 8.49. The van der Waals surface area contributed by atoms with Gasteiger partial charge in [0.05, 0.1) is 25.2 Å². The number of carbonyl (C=O) groups excluding carboxylic acids is 1. The average Bonchev–Trinajstić information content (AvgIpc) is 3.22. The summed E-state index contributed by atoms with van der Waals surface area (Å²) in [6.45, 7) is 11.0. The molecule has 0 saturated carbocycles. The number of para-hydroxylation sites is 2. The zero-order chi connectivity index (χ0) is 24.9. The fraction of sp³-hybridized carbons (Fsp3) is 0.233. The van der Waals surface area contributed by atoms with Crippen molar-refractivity contribution < 1.29 is 18.7 Å². The van der Waals surface area contributed by atoms with E-state index in [2.05, 4.69) is 37.4 Å². The van der Waals surface area contributed by atoms with Gasteiger partial charge in [-0.3, -0.25) is 4.79 Å². The van der Waals surface area contributed by atoms with Gasteiger partial charge in [0.25, 0.3) is 0 Å². The van der Waals surface area contributed by atoms with Crippen LogP contribution in [-0.2, 0) is 4.79 Å². The summed E-state index contributed by atoms with van der Waals surface area (Å²) in [6.07, 6.45) is 3.38. The number of furan rings is 1. The highest BCUT2D eigenvalue weighted by atomic mass is 16.5. The van der Waals surface area contributed by atoms with Crippen LogP contribution < -0.4 is 14.8 Å². The van der Waals surface area contributed by atoms with Crippen molar-refractivity contribution in [3.05, 3.63) is 83.6 Å². The number of carbonyl (C=O) groups is 1. The van der Waals surface area contributed by atoms with Gasteiger partial charge < -0.3 is 19.2 Å². The van der Waals surface area contributed by atoms with Crippen molar-refractivity contribution in [1.82, 2.24) is 0 Å². The molecule has 1 N–H and O–H groups in total. The molecule has 0 spiro atoms. The Morgan fingerprint density at radius 1 is 0.943 bits per heavy atom. The van der Waals surface area contributed by atoms with E-state index in [0.717, 1.165) is 33.2 Å². The Balaban J connectivity index is 1.73. The lowest BCUT2D eigenvalue weighted by Crippen LogP contribution is -2.10. The number of hydrogen-bond acceptors (Lipinski definition) is 4. The highest BCUT2D eigenvalue weighted by Crippen LogP contribution is 2.38. The molecule has 0 saturated heterocycles. The Hall–Kier alpha value is -3.99. The van der Waals surface area contributed by atoms with Crippen LogP contribution in [0.3, 0.4) is 0 Å². The minimum atomic E-state index is -0.237. The molecule has 0 fully saturated rings. The van der Waals surface area contributed by atoms with Gasteiger partial charge in [-0.25, -0.2) is 0 Å². The molecule has 0 aliphatic rings. The highest BCUT2D eigenvalue weighted by Gasteiger charge is 2.16. The van der Waals surface area contributed by atoms with Crippen molar-refractivity contribution in [3.8, 4) is 22.6 Å². The van der Waals surface area contributed by atoms with Crippen LogP contribution in [0.2, 0.25) is 0 Å². The lowest BCUT2D eigenvalue weighted by atomic mass is 9.96. The van der Waals surface area contributed by atoms with E-state index in [0.29, 0.717) is 30.4 Å². The van der Waals surface area contributed by atoms with E-state index in [1.165, 1.54) is 11.1 Å². The largest absolute Gasteiger partial charge is 0.493 e. The Morgan fingerprint density at radius 3 is 2.43 bits per heavy atom. The summed E-state index contributed by atoms with van der Waals surface area (Å²) in [5, 5.41) is 3.91. The topological polar surface area (TPSA) is 60.7 Å². The van der Waals surface area contributed by atoms with Gasteiger partial charge >= 0.3 is 0 Å². The average molecular weight is 470 g/mol. The van der Waals surface area contributed by atoms with Gasteiger partial charge in [0.15, 0.2) is 0 Å². The fourth-order valence-corrected chi connectivity index (χ4v) is 4.26. The van der Waals surface area contributed by atoms with E-state index in [4.69, 9.17) is 13.9 Å². The monoisotopic (exact) mass is 469 g/mol. The first-order valence-corrected chi connectivity index (χ1v) is 11.9. The van der Waals surface area contributed by atoms with Gasteiger partial charge in [-0.2, -0.15) is 0 Å². The maximum atomic E-state index is 12.9. The Bertz CT molecular complexity index is 1400. The molecule has 0 atom stereocenters. The van der Waals surface area contributed by atoms with Crippen LogP contribution in [0.15, 0.2) is 71.4 Å². The Kier molecular flexibility index (Phi) is 7.25. The third-order valence-corrected chi connectivity index (χ3v) is 5.86. The van der Waals surface area contributed by atoms with Crippen LogP contribution in [-0.4, -0.2) is 19.1 Å². The van der Waals surface area contributed by atoms with Crippen molar-refractivity contribution in [1.29, 1.82) is 0 Å². The van der Waals surface area contributed by atoms with Gasteiger partial charge in [-0.05, 0) is 69.5 Å². The highest BCUT2D eigenvalue weighted by molar-refractivity contribution is 6.06. The van der Waals surface area contributed by atoms with Crippen molar-refractivity contribution in [3.63, 3.8) is 0 Å². The Labute approximate surface area is 206 Å². The number of allylic oxidation sites excluding steroid dienone is 1. The summed E-state index contributed by atoms with van der Waals surface area (Å²) in [5.41, 5.74) is 7.55. The SMILES string of the molecule is CCOc1ccccc1NC(=O)/C=C(\C)c1cc2c(-c3ccc(C)cc3C)coc2cc1OCC. The van der Waals surface area contributed by atoms with Crippen LogP contribution in [0.5, 0.6) is 11.5 Å². The first-order valence-electron chi connectivity index (χ1n) is 11.9. The molecule has 5 heteroatoms. The van der Waals surface area contributed by atoms with E-state index in [1.54, 1.807) is 12.3 Å². The molecule has 5 nitrogen and oxygen atoms in total. The van der Waals surface area contributed by atoms with Crippen molar-refractivity contribution in [2.75, 3.05) is 18.5 Å². The number of hydrogen-bond donors (Lipinski definition) is 1. The van der Waals surface area contributed by atoms with Gasteiger partial charge in [0.2, 0.25) is 5.91 Å². The number of aryl methyl sites for hydroxylation is 2. The molecule has 35 heavy (non-hydrogen) atoms. The number of nitrogens with one attached hydrogen (secondary N) is 1. The van der Waals surface area contributed by atoms with Gasteiger partial charge in [-0.1, -0.05) is 35.9 Å². The lowest BCUT2D eigenvalue weighted by Gasteiger charge is -2.13. The maximum absolute atomic E-state index is 12.9. The van der Waals surface area contributed by atoms with Crippen molar-refractivity contribution in [2.45, 2.75) is 34.6 Å². The summed E-state index contributed by atoms with van der Waals surface area (Å²) in [5.74, 6) is 1.08. The number of anilines is 1. The number of benzene rings is 3. The normalized spacial score (nSPS) is 11.5. The van der Waals surface area contributed by atoms with Crippen LogP contribution in [0.25, 0.3) is 27.7 Å². The second kappa shape index (κ2) is 10.5. The van der Waals surface area contributed by atoms with E-state index in [9.17, 15) is 4.79 Å². The summed E-state index contributed by atoms with van der Waals surface area (Å²) < 4.78 is 17.5. The molecule has 0 unspecified atom stereocenters. The summed E-state index contributed by atoms with van der Waals surface area (Å²) in [6, 6.07) is 17.7. The van der Waals surface area contributed by atoms with Gasteiger partial charge in [0.1, 0.15) is 17.1 Å². The maximum Gasteiger partial charge on any atom is 0.248 e. The van der Waals surface area contributed by atoms with E-state index < -0.39 is 0 Å². The molecule has 1 aromatic heterocycles. The van der Waals surface area contributed by atoms with Crippen LogP contribution in [0.4, 0.5) is 5.69 Å². The zero-order valence-corrected chi connectivity index (χ0v) is 20.9. The second-order valence-corrected chi connectivity index (χ2v) is 8.49. The van der Waals surface area contributed by atoms with Gasteiger partial charge in [0, 0.05) is 28.7 Å². The molecule has 0 bridgehead atoms. The smallest absolute Gasteiger partial charge is 0.248 e. The molecule has 180 valence electrons. The molecular formula is C30H31NO4. The molecule has 0 aliphatic heterocycles. The molecule has 1 amide bonds. The summed E-state index contributed by atoms with van der Waals surface area (Å²) >= 11 is 0. The number of ether oxygens (including phenoxy) is 2. The predicted molar refractivity (Wildman–Crippen MR) is 142 cm³/mol. The standard InChI is InChI=1S/C30H31NO4/c1-6-33-27-11-9-8-10-26(27)31-30(32)15-21(5)23-16-24-25(22-13-12-19(3)14-20(22)4)18-35-29(24)17-28(23)34-7-2/h8-18H,6-7H2,1-5H3,(H,31,32)/b21-15+. The summed E-state index contributed by atoms with van der Waals surface area (Å²) in [4.78, 5) is 12.9. The van der Waals surface area contributed by atoms with Gasteiger partial charge in [-0.15, -0.1) is 0 Å². The fourth-order valence-electron chi connectivity index (χ4n) is 4.26. The predicted octanol–water partition coefficient (Wildman–Crippen LogP) is 7.56. The minimum absolute atomic E-state index is 0.237. The first kappa shape index (κ1) is 24.1. The number of rotatable bonds is 8. The summed E-state index contributed by atoms with van der Waals surface area (Å²) in [7, 11) is 0. The van der Waals surface area contributed by atoms with Crippen LogP contribution >= 0.6 is 0 Å². The first-order chi connectivity index (χ1) is 16.9. The third kappa shape index (κ3) is 5.24. The Morgan fingerprint density at radius 2 is 1.69 bits per heavy atom. The molecule has 1 heterocycles. The molecule has 4 aromatic rings. The minimum Gasteiger partial charge on any atom is -0.493 e. The van der Waals surface area contributed by atoms with Crippen molar-refractivity contribution >= 4 is 28.1 Å². The van der Waals surface area contributed by atoms with E-state index in [-0.39, 0.29) is 5.91 Å². The van der Waals surface area contributed by atoms with Crippen LogP contribution in [0.1, 0.15) is 37.5 Å². The molecule has 3 aromatic carbocycles. The van der Waals surface area contributed by atoms with E-state index in [1.807, 2.05) is 57.2 Å². The van der Waals surface area contributed by atoms with Crippen molar-refractivity contribution in [2.24, 2.45) is 0 Å². The third-order valence-electron chi connectivity index (χ3n) is 5.86. The molecule has 4 rings (SSSR count). The molecule has 0 aliphatic carbocycles. The van der Waals surface area contributed by atoms with E-state index >= 15 is 0 Å². The lowest BCUT2D eigenvalue weighted by molar-refractivity contribution is -0.111.